The van der Waals surface area contributed by atoms with E-state index in [0.717, 1.165) is 35.7 Å². The first kappa shape index (κ1) is 17.6. The van der Waals surface area contributed by atoms with E-state index in [0.29, 0.717) is 10.9 Å². The minimum atomic E-state index is -0.750. The molecule has 1 saturated heterocycles. The predicted molar refractivity (Wildman–Crippen MR) is 99.9 cm³/mol. The lowest BCUT2D eigenvalue weighted by atomic mass is 10.1. The molecule has 5 heteroatoms. The second-order valence-corrected chi connectivity index (χ2v) is 7.11. The zero-order valence-electron chi connectivity index (χ0n) is 14.4. The molecule has 0 amide bonds. The number of ether oxygens (including phenoxy) is 1. The van der Waals surface area contributed by atoms with E-state index in [9.17, 15) is 4.79 Å². The highest BCUT2D eigenvalue weighted by atomic mass is 35.5. The van der Waals surface area contributed by atoms with Crippen LogP contribution in [0.1, 0.15) is 25.3 Å². The quantitative estimate of drug-likeness (QED) is 0.803. The first-order chi connectivity index (χ1) is 11.9. The van der Waals surface area contributed by atoms with Gasteiger partial charge < -0.3 is 14.7 Å². The Balaban J connectivity index is 1.75. The van der Waals surface area contributed by atoms with Gasteiger partial charge in [0.1, 0.15) is 11.5 Å². The Kier molecular flexibility index (Phi) is 5.19. The first-order valence-electron chi connectivity index (χ1n) is 8.45. The lowest BCUT2D eigenvalue weighted by molar-refractivity contribution is -0.137. The normalized spacial score (nSPS) is 19.9. The Morgan fingerprint density at radius 3 is 2.68 bits per heavy atom. The molecule has 1 heterocycles. The molecule has 2 unspecified atom stereocenters. The summed E-state index contributed by atoms with van der Waals surface area (Å²) in [6.07, 6.45) is 1.08. The van der Waals surface area contributed by atoms with Gasteiger partial charge in [0.2, 0.25) is 0 Å². The summed E-state index contributed by atoms with van der Waals surface area (Å²) in [6, 6.07) is 13.4. The van der Waals surface area contributed by atoms with Crippen LogP contribution in [0.15, 0.2) is 42.5 Å². The summed E-state index contributed by atoms with van der Waals surface area (Å²) >= 11 is 6.13. The molecule has 1 aliphatic heterocycles. The molecule has 1 N–H and O–H groups in total. The molecule has 1 fully saturated rings. The summed E-state index contributed by atoms with van der Waals surface area (Å²) in [5.74, 6) is 1.21. The van der Waals surface area contributed by atoms with Crippen molar-refractivity contribution in [1.82, 2.24) is 0 Å². The van der Waals surface area contributed by atoms with Gasteiger partial charge in [0, 0.05) is 28.9 Å². The van der Waals surface area contributed by atoms with E-state index in [2.05, 4.69) is 11.8 Å². The fourth-order valence-electron chi connectivity index (χ4n) is 3.39. The maximum absolute atomic E-state index is 11.1. The molecule has 0 aromatic heterocycles. The van der Waals surface area contributed by atoms with Crippen LogP contribution in [0.25, 0.3) is 0 Å². The maximum atomic E-state index is 11.1. The fourth-order valence-corrected chi connectivity index (χ4v) is 3.56. The van der Waals surface area contributed by atoms with Crippen molar-refractivity contribution in [2.24, 2.45) is 5.92 Å². The van der Waals surface area contributed by atoms with Crippen molar-refractivity contribution in [2.75, 3.05) is 11.4 Å². The zero-order valence-corrected chi connectivity index (χ0v) is 15.2. The molecule has 2 aromatic rings. The summed E-state index contributed by atoms with van der Waals surface area (Å²) in [4.78, 5) is 13.3. The average molecular weight is 360 g/mol. The molecule has 3 rings (SSSR count). The van der Waals surface area contributed by atoms with Crippen LogP contribution in [0.3, 0.4) is 0 Å². The highest BCUT2D eigenvalue weighted by Crippen LogP contribution is 2.34. The monoisotopic (exact) mass is 359 g/mol. The van der Waals surface area contributed by atoms with Gasteiger partial charge in [-0.2, -0.15) is 0 Å². The highest BCUT2D eigenvalue weighted by molar-refractivity contribution is 6.31. The Labute approximate surface area is 153 Å². The molecule has 1 aliphatic rings. The van der Waals surface area contributed by atoms with Crippen LogP contribution in [-0.2, 0) is 4.79 Å². The molecule has 0 radical (unpaired) electrons. The second kappa shape index (κ2) is 7.36. The second-order valence-electron chi connectivity index (χ2n) is 6.70. The number of halogens is 1. The van der Waals surface area contributed by atoms with Crippen LogP contribution in [-0.4, -0.2) is 23.7 Å². The van der Waals surface area contributed by atoms with Crippen molar-refractivity contribution in [3.8, 4) is 11.5 Å². The van der Waals surface area contributed by atoms with E-state index in [4.69, 9.17) is 21.4 Å². The number of carbonyl (C=O) groups is 1. The summed E-state index contributed by atoms with van der Waals surface area (Å²) in [5, 5.41) is 9.80. The van der Waals surface area contributed by atoms with Gasteiger partial charge >= 0.3 is 5.97 Å². The SMILES string of the molecule is Cc1c(Cl)cccc1Oc1ccc(N2CC(C)CC2CC(=O)O)cc1. The van der Waals surface area contributed by atoms with E-state index >= 15 is 0 Å². The minimum Gasteiger partial charge on any atom is -0.481 e. The van der Waals surface area contributed by atoms with Crippen LogP contribution in [0.4, 0.5) is 5.69 Å². The number of hydrogen-bond acceptors (Lipinski definition) is 3. The Hall–Kier alpha value is -2.20. The van der Waals surface area contributed by atoms with Crippen LogP contribution >= 0.6 is 11.6 Å². The molecular formula is C20H22ClNO3. The van der Waals surface area contributed by atoms with Crippen molar-refractivity contribution in [3.05, 3.63) is 53.1 Å². The lowest BCUT2D eigenvalue weighted by Crippen LogP contribution is -2.31. The van der Waals surface area contributed by atoms with E-state index in [1.165, 1.54) is 0 Å². The highest BCUT2D eigenvalue weighted by Gasteiger charge is 2.31. The van der Waals surface area contributed by atoms with Crippen LogP contribution < -0.4 is 9.64 Å². The largest absolute Gasteiger partial charge is 0.481 e. The summed E-state index contributed by atoms with van der Waals surface area (Å²) in [5.41, 5.74) is 1.94. The van der Waals surface area contributed by atoms with E-state index < -0.39 is 5.97 Å². The maximum Gasteiger partial charge on any atom is 0.305 e. The molecule has 0 bridgehead atoms. The third-order valence-electron chi connectivity index (χ3n) is 4.65. The van der Waals surface area contributed by atoms with Gasteiger partial charge in [-0.1, -0.05) is 24.6 Å². The number of benzene rings is 2. The lowest BCUT2D eigenvalue weighted by Gasteiger charge is -2.26. The zero-order chi connectivity index (χ0) is 18.0. The van der Waals surface area contributed by atoms with Gasteiger partial charge in [0.05, 0.1) is 6.42 Å². The van der Waals surface area contributed by atoms with Crippen molar-refractivity contribution in [2.45, 2.75) is 32.7 Å². The molecule has 0 aliphatic carbocycles. The number of hydrogen-bond donors (Lipinski definition) is 1. The number of carboxylic acid groups (broad SMARTS) is 1. The van der Waals surface area contributed by atoms with Crippen molar-refractivity contribution < 1.29 is 14.6 Å². The topological polar surface area (TPSA) is 49.8 Å². The predicted octanol–water partition coefficient (Wildman–Crippen LogP) is 5.13. The Morgan fingerprint density at radius 2 is 2.00 bits per heavy atom. The standard InChI is InChI=1S/C20H22ClNO3/c1-13-10-16(11-20(23)24)22(12-13)15-6-8-17(9-7-15)25-19-5-3-4-18(21)14(19)2/h3-9,13,16H,10-12H2,1-2H3,(H,23,24). The first-order valence-corrected chi connectivity index (χ1v) is 8.83. The molecule has 2 aromatic carbocycles. The Bertz CT molecular complexity index is 760. The van der Waals surface area contributed by atoms with Crippen LogP contribution in [0, 0.1) is 12.8 Å². The van der Waals surface area contributed by atoms with E-state index in [-0.39, 0.29) is 12.5 Å². The van der Waals surface area contributed by atoms with Crippen molar-refractivity contribution in [3.63, 3.8) is 0 Å². The summed E-state index contributed by atoms with van der Waals surface area (Å²) in [6.45, 7) is 4.97. The Morgan fingerprint density at radius 1 is 1.28 bits per heavy atom. The molecule has 0 spiro atoms. The average Bonchev–Trinajstić information content (AvgIpc) is 2.92. The van der Waals surface area contributed by atoms with Gasteiger partial charge in [-0.25, -0.2) is 0 Å². The number of aliphatic carboxylic acids is 1. The summed E-state index contributed by atoms with van der Waals surface area (Å²) < 4.78 is 5.92. The molecule has 132 valence electrons. The van der Waals surface area contributed by atoms with Gasteiger partial charge in [0.15, 0.2) is 0 Å². The molecule has 4 nitrogen and oxygen atoms in total. The fraction of sp³-hybridized carbons (Fsp3) is 0.350. The van der Waals surface area contributed by atoms with Gasteiger partial charge in [-0.3, -0.25) is 4.79 Å². The van der Waals surface area contributed by atoms with E-state index in [1.54, 1.807) is 0 Å². The minimum absolute atomic E-state index is 0.0504. The molecule has 0 saturated carbocycles. The smallest absolute Gasteiger partial charge is 0.305 e. The molecule has 25 heavy (non-hydrogen) atoms. The molecular weight excluding hydrogens is 338 g/mol. The summed E-state index contributed by atoms with van der Waals surface area (Å²) in [7, 11) is 0. The number of nitrogens with zero attached hydrogens (tertiary/aromatic N) is 1. The van der Waals surface area contributed by atoms with Gasteiger partial charge in [0.25, 0.3) is 0 Å². The van der Waals surface area contributed by atoms with Crippen LogP contribution in [0.5, 0.6) is 11.5 Å². The number of anilines is 1. The van der Waals surface area contributed by atoms with Crippen molar-refractivity contribution in [1.29, 1.82) is 0 Å². The van der Waals surface area contributed by atoms with Crippen molar-refractivity contribution >= 4 is 23.3 Å². The third-order valence-corrected chi connectivity index (χ3v) is 5.06. The third kappa shape index (κ3) is 4.07. The van der Waals surface area contributed by atoms with E-state index in [1.807, 2.05) is 49.4 Å². The van der Waals surface area contributed by atoms with Crippen LogP contribution in [0.2, 0.25) is 5.02 Å². The number of rotatable bonds is 5. The number of carboxylic acids is 1. The molecule has 2 atom stereocenters. The van der Waals surface area contributed by atoms with Gasteiger partial charge in [-0.05, 0) is 55.7 Å². The van der Waals surface area contributed by atoms with Gasteiger partial charge in [-0.15, -0.1) is 0 Å².